The van der Waals surface area contributed by atoms with Crippen molar-refractivity contribution in [3.05, 3.63) is 76.3 Å². The molecule has 0 unspecified atom stereocenters. The summed E-state index contributed by atoms with van der Waals surface area (Å²) < 4.78 is 5.56. The van der Waals surface area contributed by atoms with Crippen molar-refractivity contribution in [2.24, 2.45) is 0 Å². The van der Waals surface area contributed by atoms with Crippen LogP contribution in [0.15, 0.2) is 60.7 Å². The summed E-state index contributed by atoms with van der Waals surface area (Å²) in [6, 6.07) is 19.1. The van der Waals surface area contributed by atoms with Gasteiger partial charge in [0.15, 0.2) is 6.61 Å². The highest BCUT2D eigenvalue weighted by molar-refractivity contribution is 6.35. The molecule has 0 aliphatic rings. The second kappa shape index (κ2) is 8.24. The maximum Gasteiger partial charge on any atom is 0.257 e. The molecule has 5 heteroatoms. The first-order chi connectivity index (χ1) is 12.1. The molecule has 0 fully saturated rings. The lowest BCUT2D eigenvalue weighted by atomic mass is 10.1. The number of amides is 1. The summed E-state index contributed by atoms with van der Waals surface area (Å²) >= 11 is 12.0. The number of hydrogen-bond acceptors (Lipinski definition) is 2. The minimum absolute atomic E-state index is 0.0211. The number of halogens is 2. The number of ether oxygens (including phenoxy) is 1. The summed E-state index contributed by atoms with van der Waals surface area (Å²) in [6.07, 6.45) is 0.637. The van der Waals surface area contributed by atoms with Crippen molar-refractivity contribution < 1.29 is 9.53 Å². The van der Waals surface area contributed by atoms with Crippen LogP contribution in [0.25, 0.3) is 10.8 Å². The van der Waals surface area contributed by atoms with Crippen molar-refractivity contribution in [3.8, 4) is 5.75 Å². The Hall–Kier alpha value is -2.23. The van der Waals surface area contributed by atoms with E-state index in [-0.39, 0.29) is 12.5 Å². The van der Waals surface area contributed by atoms with E-state index >= 15 is 0 Å². The third-order valence-electron chi connectivity index (χ3n) is 3.82. The van der Waals surface area contributed by atoms with Crippen molar-refractivity contribution in [2.75, 3.05) is 13.2 Å². The van der Waals surface area contributed by atoms with E-state index in [1.807, 2.05) is 48.5 Å². The molecule has 0 atom stereocenters. The first-order valence-corrected chi connectivity index (χ1v) is 8.69. The van der Waals surface area contributed by atoms with E-state index < -0.39 is 0 Å². The Morgan fingerprint density at radius 1 is 0.960 bits per heavy atom. The van der Waals surface area contributed by atoms with Gasteiger partial charge in [0.1, 0.15) is 5.75 Å². The smallest absolute Gasteiger partial charge is 0.257 e. The van der Waals surface area contributed by atoms with E-state index in [9.17, 15) is 4.79 Å². The molecule has 3 aromatic rings. The minimum atomic E-state index is -0.168. The van der Waals surface area contributed by atoms with Gasteiger partial charge >= 0.3 is 0 Å². The molecule has 3 nitrogen and oxygen atoms in total. The molecule has 0 spiro atoms. The highest BCUT2D eigenvalue weighted by Crippen LogP contribution is 2.21. The number of hydrogen-bond donors (Lipinski definition) is 1. The van der Waals surface area contributed by atoms with Crippen LogP contribution in [-0.2, 0) is 11.2 Å². The fourth-order valence-corrected chi connectivity index (χ4v) is 3.02. The zero-order chi connectivity index (χ0) is 17.6. The van der Waals surface area contributed by atoms with E-state index in [4.69, 9.17) is 27.9 Å². The molecule has 0 saturated carbocycles. The molecular weight excluding hydrogens is 357 g/mol. The van der Waals surface area contributed by atoms with E-state index in [0.717, 1.165) is 16.3 Å². The van der Waals surface area contributed by atoms with Crippen LogP contribution in [0.3, 0.4) is 0 Å². The maximum absolute atomic E-state index is 11.9. The summed E-state index contributed by atoms with van der Waals surface area (Å²) in [6.45, 7) is 0.466. The van der Waals surface area contributed by atoms with Crippen LogP contribution in [-0.4, -0.2) is 19.1 Å². The van der Waals surface area contributed by atoms with Crippen molar-refractivity contribution in [3.63, 3.8) is 0 Å². The Balaban J connectivity index is 1.47. The Morgan fingerprint density at radius 3 is 2.56 bits per heavy atom. The van der Waals surface area contributed by atoms with E-state index in [0.29, 0.717) is 28.8 Å². The molecule has 0 bridgehead atoms. The van der Waals surface area contributed by atoms with Gasteiger partial charge in [0, 0.05) is 16.6 Å². The largest absolute Gasteiger partial charge is 0.484 e. The van der Waals surface area contributed by atoms with Gasteiger partial charge in [-0.05, 0) is 47.0 Å². The third-order valence-corrected chi connectivity index (χ3v) is 4.41. The molecule has 3 aromatic carbocycles. The average molecular weight is 374 g/mol. The first-order valence-electron chi connectivity index (χ1n) is 7.94. The fraction of sp³-hybridized carbons (Fsp3) is 0.150. The Bertz CT molecular complexity index is 896. The van der Waals surface area contributed by atoms with Gasteiger partial charge in [0.05, 0.1) is 0 Å². The molecule has 128 valence electrons. The van der Waals surface area contributed by atoms with E-state index in [1.165, 1.54) is 0 Å². The molecule has 0 aliphatic carbocycles. The molecular formula is C20H17Cl2NO2. The Kier molecular flexibility index (Phi) is 5.79. The summed E-state index contributed by atoms with van der Waals surface area (Å²) in [5.74, 6) is 0.507. The number of rotatable bonds is 6. The Morgan fingerprint density at radius 2 is 1.76 bits per heavy atom. The van der Waals surface area contributed by atoms with Gasteiger partial charge in [-0.3, -0.25) is 4.79 Å². The van der Waals surface area contributed by atoms with Gasteiger partial charge in [0.2, 0.25) is 0 Å². The molecule has 1 N–H and O–H groups in total. The van der Waals surface area contributed by atoms with Crippen molar-refractivity contribution >= 4 is 39.9 Å². The lowest BCUT2D eigenvalue weighted by molar-refractivity contribution is -0.123. The van der Waals surface area contributed by atoms with Gasteiger partial charge in [-0.15, -0.1) is 0 Å². The lowest BCUT2D eigenvalue weighted by Crippen LogP contribution is -2.30. The fourth-order valence-electron chi connectivity index (χ4n) is 2.52. The Labute approximate surface area is 156 Å². The van der Waals surface area contributed by atoms with Crippen molar-refractivity contribution in [1.29, 1.82) is 0 Å². The van der Waals surface area contributed by atoms with E-state index in [1.54, 1.807) is 12.1 Å². The van der Waals surface area contributed by atoms with Gasteiger partial charge in [-0.2, -0.15) is 0 Å². The van der Waals surface area contributed by atoms with Crippen molar-refractivity contribution in [1.82, 2.24) is 5.32 Å². The molecule has 1 amide bonds. The van der Waals surface area contributed by atoms with Crippen LogP contribution < -0.4 is 10.1 Å². The summed E-state index contributed by atoms with van der Waals surface area (Å²) in [7, 11) is 0. The maximum atomic E-state index is 11.9. The zero-order valence-electron chi connectivity index (χ0n) is 13.5. The predicted molar refractivity (Wildman–Crippen MR) is 103 cm³/mol. The second-order valence-corrected chi connectivity index (χ2v) is 6.48. The molecule has 25 heavy (non-hydrogen) atoms. The normalized spacial score (nSPS) is 10.6. The second-order valence-electron chi connectivity index (χ2n) is 5.63. The zero-order valence-corrected chi connectivity index (χ0v) is 15.0. The van der Waals surface area contributed by atoms with Crippen molar-refractivity contribution in [2.45, 2.75) is 6.42 Å². The number of nitrogens with one attached hydrogen (secondary N) is 1. The van der Waals surface area contributed by atoms with Crippen LogP contribution in [0.2, 0.25) is 10.0 Å². The highest BCUT2D eigenvalue weighted by Gasteiger charge is 2.05. The summed E-state index contributed by atoms with van der Waals surface area (Å²) in [5, 5.41) is 6.25. The predicted octanol–water partition coefficient (Wildman–Crippen LogP) is 4.88. The third kappa shape index (κ3) is 4.88. The van der Waals surface area contributed by atoms with Gasteiger partial charge < -0.3 is 10.1 Å². The van der Waals surface area contributed by atoms with Crippen LogP contribution in [0.5, 0.6) is 5.75 Å². The molecule has 0 aliphatic heterocycles. The standard InChI is InChI=1S/C20H17Cl2NO2/c21-17-7-5-15(19(22)12-17)9-10-23-20(24)13-25-18-8-6-14-3-1-2-4-16(14)11-18/h1-8,11-12H,9-10,13H2,(H,23,24). The lowest BCUT2D eigenvalue weighted by Gasteiger charge is -2.09. The summed E-state index contributed by atoms with van der Waals surface area (Å²) in [5.41, 5.74) is 0.946. The molecule has 0 saturated heterocycles. The summed E-state index contributed by atoms with van der Waals surface area (Å²) in [4.78, 5) is 11.9. The number of carbonyl (C=O) groups excluding carboxylic acids is 1. The van der Waals surface area contributed by atoms with Gasteiger partial charge in [-0.1, -0.05) is 59.6 Å². The number of benzene rings is 3. The van der Waals surface area contributed by atoms with Crippen LogP contribution >= 0.6 is 23.2 Å². The molecule has 0 heterocycles. The monoisotopic (exact) mass is 373 g/mol. The SMILES string of the molecule is O=C(COc1ccc2ccccc2c1)NCCc1ccc(Cl)cc1Cl. The van der Waals surface area contributed by atoms with Gasteiger partial charge in [-0.25, -0.2) is 0 Å². The quantitative estimate of drug-likeness (QED) is 0.668. The molecule has 0 radical (unpaired) electrons. The molecule has 3 rings (SSSR count). The topological polar surface area (TPSA) is 38.3 Å². The number of fused-ring (bicyclic) bond motifs is 1. The first kappa shape index (κ1) is 17.6. The van der Waals surface area contributed by atoms with Crippen LogP contribution in [0.1, 0.15) is 5.56 Å². The minimum Gasteiger partial charge on any atom is -0.484 e. The van der Waals surface area contributed by atoms with Crippen LogP contribution in [0.4, 0.5) is 0 Å². The van der Waals surface area contributed by atoms with Crippen LogP contribution in [0, 0.1) is 0 Å². The average Bonchev–Trinajstić information content (AvgIpc) is 2.61. The van der Waals surface area contributed by atoms with E-state index in [2.05, 4.69) is 5.32 Å². The highest BCUT2D eigenvalue weighted by atomic mass is 35.5. The van der Waals surface area contributed by atoms with Gasteiger partial charge in [0.25, 0.3) is 5.91 Å². The molecule has 0 aromatic heterocycles. The number of carbonyl (C=O) groups is 1.